The van der Waals surface area contributed by atoms with E-state index in [9.17, 15) is 9.59 Å². The molecule has 0 spiro atoms. The number of fused-ring (bicyclic) bond motifs is 1. The van der Waals surface area contributed by atoms with Crippen LogP contribution >= 0.6 is 0 Å². The van der Waals surface area contributed by atoms with Gasteiger partial charge < -0.3 is 14.0 Å². The van der Waals surface area contributed by atoms with Gasteiger partial charge in [0.1, 0.15) is 12.1 Å². The quantitative estimate of drug-likeness (QED) is 0.589. The fourth-order valence-electron chi connectivity index (χ4n) is 2.45. The molecule has 2 aromatic rings. The Labute approximate surface area is 148 Å². The van der Waals surface area contributed by atoms with Crippen LogP contribution < -0.4 is 0 Å². The Kier molecular flexibility index (Phi) is 6.02. The first-order valence-electron chi connectivity index (χ1n) is 8.45. The molecule has 0 N–H and O–H groups in total. The van der Waals surface area contributed by atoms with Crippen molar-refractivity contribution >= 4 is 28.9 Å². The van der Waals surface area contributed by atoms with Crippen LogP contribution in [0.15, 0.2) is 36.4 Å². The summed E-state index contributed by atoms with van der Waals surface area (Å²) in [6.45, 7) is 7.92. The number of ether oxygens (including phenoxy) is 2. The molecule has 1 aromatic carbocycles. The smallest absolute Gasteiger partial charge is 0.330 e. The molecule has 25 heavy (non-hydrogen) atoms. The average molecular weight is 343 g/mol. The highest BCUT2D eigenvalue weighted by molar-refractivity contribution is 5.90. The van der Waals surface area contributed by atoms with Crippen LogP contribution in [0.4, 0.5) is 0 Å². The molecule has 1 heterocycles. The Morgan fingerprint density at radius 2 is 1.92 bits per heavy atom. The predicted octanol–water partition coefficient (Wildman–Crippen LogP) is 3.95. The maximum Gasteiger partial charge on any atom is 0.330 e. The average Bonchev–Trinajstić information content (AvgIpc) is 2.87. The van der Waals surface area contributed by atoms with Crippen LogP contribution in [-0.2, 0) is 25.6 Å². The molecule has 0 saturated heterocycles. The topological polar surface area (TPSA) is 57.5 Å². The van der Waals surface area contributed by atoms with Crippen LogP contribution in [0.2, 0.25) is 0 Å². The van der Waals surface area contributed by atoms with Crippen LogP contribution in [0.5, 0.6) is 0 Å². The molecule has 0 aliphatic carbocycles. The Balaban J connectivity index is 2.28. The summed E-state index contributed by atoms with van der Waals surface area (Å²) in [6, 6.07) is 9.68. The van der Waals surface area contributed by atoms with E-state index in [0.29, 0.717) is 6.61 Å². The predicted molar refractivity (Wildman–Crippen MR) is 98.1 cm³/mol. The first-order chi connectivity index (χ1) is 11.8. The third kappa shape index (κ3) is 5.48. The molecule has 0 saturated carbocycles. The highest BCUT2D eigenvalue weighted by atomic mass is 16.6. The Morgan fingerprint density at radius 1 is 1.20 bits per heavy atom. The van der Waals surface area contributed by atoms with E-state index in [2.05, 4.69) is 0 Å². The van der Waals surface area contributed by atoms with E-state index in [-0.39, 0.29) is 12.5 Å². The van der Waals surface area contributed by atoms with Gasteiger partial charge in [-0.05, 0) is 45.4 Å². The summed E-state index contributed by atoms with van der Waals surface area (Å²) in [5, 5.41) is 0.993. The van der Waals surface area contributed by atoms with E-state index < -0.39 is 11.6 Å². The van der Waals surface area contributed by atoms with E-state index in [1.807, 2.05) is 62.6 Å². The van der Waals surface area contributed by atoms with Crippen molar-refractivity contribution in [2.75, 3.05) is 6.61 Å². The van der Waals surface area contributed by atoms with E-state index in [4.69, 9.17) is 9.47 Å². The Morgan fingerprint density at radius 3 is 2.60 bits per heavy atom. The van der Waals surface area contributed by atoms with E-state index in [1.54, 1.807) is 6.08 Å². The van der Waals surface area contributed by atoms with Crippen molar-refractivity contribution in [2.45, 2.75) is 46.3 Å². The van der Waals surface area contributed by atoms with E-state index in [0.717, 1.165) is 23.0 Å². The van der Waals surface area contributed by atoms with Crippen LogP contribution in [0.25, 0.3) is 17.0 Å². The van der Waals surface area contributed by atoms with Gasteiger partial charge in [-0.2, -0.15) is 0 Å². The fourth-order valence-corrected chi connectivity index (χ4v) is 2.45. The van der Waals surface area contributed by atoms with Crippen molar-refractivity contribution < 1.29 is 19.1 Å². The molecule has 1 aromatic heterocycles. The standard InChI is InChI=1S/C20H25NO4/c1-5-12-24-18(22)11-10-16-13-15-8-6-7-9-17(15)21(16)14-19(23)25-20(2,3)4/h6-11,13H,5,12,14H2,1-4H3/b11-10+. The first-order valence-corrected chi connectivity index (χ1v) is 8.45. The normalized spacial score (nSPS) is 11.8. The molecule has 0 fully saturated rings. The second-order valence-electron chi connectivity index (χ2n) is 6.80. The number of aromatic nitrogens is 1. The second-order valence-corrected chi connectivity index (χ2v) is 6.80. The van der Waals surface area contributed by atoms with Gasteiger partial charge >= 0.3 is 11.9 Å². The van der Waals surface area contributed by atoms with E-state index >= 15 is 0 Å². The van der Waals surface area contributed by atoms with Gasteiger partial charge in [-0.15, -0.1) is 0 Å². The number of carbonyl (C=O) groups excluding carboxylic acids is 2. The lowest BCUT2D eigenvalue weighted by molar-refractivity contribution is -0.155. The highest BCUT2D eigenvalue weighted by Gasteiger charge is 2.18. The fraction of sp³-hybridized carbons (Fsp3) is 0.400. The van der Waals surface area contributed by atoms with Crippen LogP contribution in [0.3, 0.4) is 0 Å². The molecule has 5 heteroatoms. The summed E-state index contributed by atoms with van der Waals surface area (Å²) in [6.07, 6.45) is 3.83. The van der Waals surface area contributed by atoms with Crippen molar-refractivity contribution in [3.05, 3.63) is 42.1 Å². The molecule has 0 atom stereocenters. The Hall–Kier alpha value is -2.56. The zero-order chi connectivity index (χ0) is 18.4. The molecule has 0 aliphatic rings. The SMILES string of the molecule is CCCOC(=O)/C=C/c1cc2ccccc2n1CC(=O)OC(C)(C)C. The lowest BCUT2D eigenvalue weighted by Crippen LogP contribution is -2.26. The summed E-state index contributed by atoms with van der Waals surface area (Å²) in [4.78, 5) is 23.9. The number of hydrogen-bond donors (Lipinski definition) is 0. The molecule has 0 bridgehead atoms. The number of esters is 2. The van der Waals surface area contributed by atoms with Gasteiger partial charge in [0, 0.05) is 22.7 Å². The largest absolute Gasteiger partial charge is 0.463 e. The number of para-hydroxylation sites is 1. The number of hydrogen-bond acceptors (Lipinski definition) is 4. The minimum absolute atomic E-state index is 0.0778. The van der Waals surface area contributed by atoms with E-state index in [1.165, 1.54) is 6.08 Å². The summed E-state index contributed by atoms with van der Waals surface area (Å²) in [5.74, 6) is -0.715. The second kappa shape index (κ2) is 8.01. The zero-order valence-corrected chi connectivity index (χ0v) is 15.2. The van der Waals surface area contributed by atoms with Gasteiger partial charge in [0.15, 0.2) is 0 Å². The first kappa shape index (κ1) is 18.8. The maximum atomic E-state index is 12.2. The summed E-state index contributed by atoms with van der Waals surface area (Å²) in [5.41, 5.74) is 1.12. The maximum absolute atomic E-state index is 12.2. The zero-order valence-electron chi connectivity index (χ0n) is 15.2. The van der Waals surface area contributed by atoms with Gasteiger partial charge in [-0.1, -0.05) is 25.1 Å². The van der Waals surface area contributed by atoms with Crippen LogP contribution in [0, 0.1) is 0 Å². The third-order valence-corrected chi connectivity index (χ3v) is 3.39. The van der Waals surface area contributed by atoms with Gasteiger partial charge in [-0.25, -0.2) is 4.79 Å². The summed E-state index contributed by atoms with van der Waals surface area (Å²) < 4.78 is 12.3. The molecule has 0 radical (unpaired) electrons. The molecule has 0 unspecified atom stereocenters. The number of benzene rings is 1. The van der Waals surface area contributed by atoms with Gasteiger partial charge in [-0.3, -0.25) is 4.79 Å². The van der Waals surface area contributed by atoms with Gasteiger partial charge in [0.2, 0.25) is 0 Å². The molecule has 134 valence electrons. The number of rotatable bonds is 6. The monoisotopic (exact) mass is 343 g/mol. The molecular formula is C20H25NO4. The van der Waals surface area contributed by atoms with Crippen LogP contribution in [0.1, 0.15) is 39.8 Å². The van der Waals surface area contributed by atoms with Gasteiger partial charge in [0.25, 0.3) is 0 Å². The van der Waals surface area contributed by atoms with Crippen molar-refractivity contribution in [3.8, 4) is 0 Å². The van der Waals surface area contributed by atoms with Crippen molar-refractivity contribution in [1.82, 2.24) is 4.57 Å². The number of carbonyl (C=O) groups is 2. The molecule has 0 amide bonds. The third-order valence-electron chi connectivity index (χ3n) is 3.39. The minimum atomic E-state index is -0.542. The van der Waals surface area contributed by atoms with Crippen molar-refractivity contribution in [1.29, 1.82) is 0 Å². The lowest BCUT2D eigenvalue weighted by Gasteiger charge is -2.20. The van der Waals surface area contributed by atoms with Crippen molar-refractivity contribution in [3.63, 3.8) is 0 Å². The van der Waals surface area contributed by atoms with Gasteiger partial charge in [0.05, 0.1) is 6.61 Å². The molecule has 0 aliphatic heterocycles. The minimum Gasteiger partial charge on any atom is -0.463 e. The molecule has 5 nitrogen and oxygen atoms in total. The summed E-state index contributed by atoms with van der Waals surface area (Å²) >= 11 is 0. The highest BCUT2D eigenvalue weighted by Crippen LogP contribution is 2.21. The summed E-state index contributed by atoms with van der Waals surface area (Å²) in [7, 11) is 0. The number of nitrogens with zero attached hydrogens (tertiary/aromatic N) is 1. The molecular weight excluding hydrogens is 318 g/mol. The van der Waals surface area contributed by atoms with Crippen molar-refractivity contribution in [2.24, 2.45) is 0 Å². The lowest BCUT2D eigenvalue weighted by atomic mass is 10.2. The Bertz CT molecular complexity index is 781. The van der Waals surface area contributed by atoms with Crippen LogP contribution in [-0.4, -0.2) is 28.7 Å². The molecule has 2 rings (SSSR count).